The molecule has 0 unspecified atom stereocenters. The molecule has 1 heterocycles. The smallest absolute Gasteiger partial charge is 0.0536 e. The summed E-state index contributed by atoms with van der Waals surface area (Å²) in [7, 11) is 0. The SMILES string of the molecule is Cc1[c]c(N)c(C)s1. The van der Waals surface area contributed by atoms with Crippen LogP contribution in [0.25, 0.3) is 0 Å². The largest absolute Gasteiger partial charge is 0.397 e. The van der Waals surface area contributed by atoms with Gasteiger partial charge >= 0.3 is 0 Å². The number of nitrogen functional groups attached to an aromatic ring is 1. The summed E-state index contributed by atoms with van der Waals surface area (Å²) in [6.07, 6.45) is 0. The van der Waals surface area contributed by atoms with Crippen molar-refractivity contribution in [3.05, 3.63) is 15.8 Å². The number of hydrogen-bond acceptors (Lipinski definition) is 2. The standard InChI is InChI=1S/C6H8NS/c1-4-3-6(7)5(2)8-4/h7H2,1-2H3. The van der Waals surface area contributed by atoms with Crippen LogP contribution in [0.15, 0.2) is 0 Å². The van der Waals surface area contributed by atoms with Crippen molar-refractivity contribution in [1.82, 2.24) is 0 Å². The van der Waals surface area contributed by atoms with Crippen molar-refractivity contribution in [2.75, 3.05) is 5.73 Å². The van der Waals surface area contributed by atoms with Crippen LogP contribution in [0.4, 0.5) is 5.69 Å². The molecule has 2 heteroatoms. The van der Waals surface area contributed by atoms with Crippen LogP contribution in [0.3, 0.4) is 0 Å². The second kappa shape index (κ2) is 1.78. The first-order valence-corrected chi connectivity index (χ1v) is 3.26. The molecule has 0 aromatic carbocycles. The van der Waals surface area contributed by atoms with Crippen LogP contribution in [-0.4, -0.2) is 0 Å². The van der Waals surface area contributed by atoms with Crippen molar-refractivity contribution in [3.8, 4) is 0 Å². The number of rotatable bonds is 0. The van der Waals surface area contributed by atoms with E-state index in [1.807, 2.05) is 13.8 Å². The summed E-state index contributed by atoms with van der Waals surface area (Å²) in [6, 6.07) is 3.00. The summed E-state index contributed by atoms with van der Waals surface area (Å²) >= 11 is 1.69. The molecule has 1 radical (unpaired) electrons. The summed E-state index contributed by atoms with van der Waals surface area (Å²) in [5, 5.41) is 0. The lowest BCUT2D eigenvalue weighted by atomic mass is 10.4. The van der Waals surface area contributed by atoms with E-state index >= 15 is 0 Å². The van der Waals surface area contributed by atoms with Crippen LogP contribution in [0.5, 0.6) is 0 Å². The Hall–Kier alpha value is -0.500. The number of thiophene rings is 1. The van der Waals surface area contributed by atoms with E-state index in [2.05, 4.69) is 6.07 Å². The molecule has 43 valence electrons. The Morgan fingerprint density at radius 3 is 2.25 bits per heavy atom. The van der Waals surface area contributed by atoms with E-state index in [4.69, 9.17) is 5.73 Å². The van der Waals surface area contributed by atoms with Gasteiger partial charge in [0.05, 0.1) is 5.69 Å². The summed E-state index contributed by atoms with van der Waals surface area (Å²) in [5.41, 5.74) is 6.29. The highest BCUT2D eigenvalue weighted by Crippen LogP contribution is 2.20. The maximum atomic E-state index is 5.50. The third kappa shape index (κ3) is 0.842. The van der Waals surface area contributed by atoms with Gasteiger partial charge in [-0.05, 0) is 13.8 Å². The number of aryl methyl sites for hydroxylation is 2. The van der Waals surface area contributed by atoms with Gasteiger partial charge in [-0.25, -0.2) is 0 Å². The second-order valence-electron chi connectivity index (χ2n) is 1.75. The molecule has 2 N–H and O–H groups in total. The van der Waals surface area contributed by atoms with Gasteiger partial charge in [0.2, 0.25) is 0 Å². The summed E-state index contributed by atoms with van der Waals surface area (Å²) in [6.45, 7) is 4.01. The van der Waals surface area contributed by atoms with Gasteiger partial charge in [-0.1, -0.05) is 0 Å². The zero-order valence-corrected chi connectivity index (χ0v) is 5.80. The second-order valence-corrected chi connectivity index (χ2v) is 3.18. The molecular formula is C6H8NS. The van der Waals surface area contributed by atoms with E-state index < -0.39 is 0 Å². The Labute approximate surface area is 53.1 Å². The van der Waals surface area contributed by atoms with E-state index in [1.165, 1.54) is 9.75 Å². The number of hydrogen-bond donors (Lipinski definition) is 1. The molecule has 1 aromatic rings. The maximum Gasteiger partial charge on any atom is 0.0536 e. The Morgan fingerprint density at radius 1 is 1.50 bits per heavy atom. The van der Waals surface area contributed by atoms with Crippen molar-refractivity contribution >= 4 is 17.0 Å². The minimum absolute atomic E-state index is 0.799. The highest BCUT2D eigenvalue weighted by Gasteiger charge is 1.95. The van der Waals surface area contributed by atoms with Crippen LogP contribution in [0, 0.1) is 19.9 Å². The zero-order valence-electron chi connectivity index (χ0n) is 4.99. The fourth-order valence-corrected chi connectivity index (χ4v) is 1.37. The normalized spacial score (nSPS) is 9.75. The highest BCUT2D eigenvalue weighted by atomic mass is 32.1. The van der Waals surface area contributed by atoms with Crippen LogP contribution in [-0.2, 0) is 0 Å². The van der Waals surface area contributed by atoms with Crippen LogP contribution >= 0.6 is 11.3 Å². The molecule has 0 saturated carbocycles. The quantitative estimate of drug-likeness (QED) is 0.563. The number of anilines is 1. The summed E-state index contributed by atoms with van der Waals surface area (Å²) < 4.78 is 0. The number of nitrogens with two attached hydrogens (primary N) is 1. The molecule has 0 aliphatic heterocycles. The van der Waals surface area contributed by atoms with Crippen molar-refractivity contribution in [3.63, 3.8) is 0 Å². The molecule has 1 nitrogen and oxygen atoms in total. The molecule has 0 saturated heterocycles. The lowest BCUT2D eigenvalue weighted by molar-refractivity contribution is 1.59. The van der Waals surface area contributed by atoms with Crippen LogP contribution in [0.2, 0.25) is 0 Å². The van der Waals surface area contributed by atoms with Gasteiger partial charge in [-0.3, -0.25) is 0 Å². The first-order chi connectivity index (χ1) is 3.70. The minimum Gasteiger partial charge on any atom is -0.397 e. The van der Waals surface area contributed by atoms with E-state index in [0.29, 0.717) is 0 Å². The topological polar surface area (TPSA) is 26.0 Å². The minimum atomic E-state index is 0.799. The predicted molar refractivity (Wildman–Crippen MR) is 37.0 cm³/mol. The van der Waals surface area contributed by atoms with E-state index in [0.717, 1.165) is 5.69 Å². The van der Waals surface area contributed by atoms with Crippen LogP contribution in [0.1, 0.15) is 9.75 Å². The van der Waals surface area contributed by atoms with Gasteiger partial charge in [-0.2, -0.15) is 0 Å². The van der Waals surface area contributed by atoms with Crippen molar-refractivity contribution in [2.45, 2.75) is 13.8 Å². The van der Waals surface area contributed by atoms with Gasteiger partial charge in [0, 0.05) is 15.8 Å². The van der Waals surface area contributed by atoms with Crippen molar-refractivity contribution in [1.29, 1.82) is 0 Å². The molecule has 0 atom stereocenters. The lowest BCUT2D eigenvalue weighted by Crippen LogP contribution is -1.80. The van der Waals surface area contributed by atoms with Crippen LogP contribution < -0.4 is 5.73 Å². The van der Waals surface area contributed by atoms with Gasteiger partial charge < -0.3 is 5.73 Å². The first-order valence-electron chi connectivity index (χ1n) is 2.45. The zero-order chi connectivity index (χ0) is 6.15. The molecule has 0 bridgehead atoms. The molecule has 8 heavy (non-hydrogen) atoms. The van der Waals surface area contributed by atoms with E-state index in [1.54, 1.807) is 11.3 Å². The molecule has 1 aromatic heterocycles. The van der Waals surface area contributed by atoms with E-state index in [9.17, 15) is 0 Å². The third-order valence-electron chi connectivity index (χ3n) is 0.996. The Bertz CT molecular complexity index is 171. The molecule has 0 aliphatic rings. The van der Waals surface area contributed by atoms with Gasteiger partial charge in [0.15, 0.2) is 0 Å². The van der Waals surface area contributed by atoms with Gasteiger partial charge in [0.25, 0.3) is 0 Å². The molecule has 0 spiro atoms. The van der Waals surface area contributed by atoms with E-state index in [-0.39, 0.29) is 0 Å². The van der Waals surface area contributed by atoms with Crippen molar-refractivity contribution < 1.29 is 0 Å². The molecule has 0 fully saturated rings. The Kier molecular flexibility index (Phi) is 1.26. The Morgan fingerprint density at radius 2 is 2.12 bits per heavy atom. The van der Waals surface area contributed by atoms with Gasteiger partial charge in [0.1, 0.15) is 0 Å². The first kappa shape index (κ1) is 5.63. The molecule has 0 amide bonds. The summed E-state index contributed by atoms with van der Waals surface area (Å²) in [5.74, 6) is 0. The summed E-state index contributed by atoms with van der Waals surface area (Å²) in [4.78, 5) is 2.34. The predicted octanol–water partition coefficient (Wildman–Crippen LogP) is 1.75. The average Bonchev–Trinajstić information content (AvgIpc) is 1.85. The monoisotopic (exact) mass is 126 g/mol. The lowest BCUT2D eigenvalue weighted by Gasteiger charge is -1.80. The molecule has 1 rings (SSSR count). The third-order valence-corrected chi connectivity index (χ3v) is 1.93. The average molecular weight is 126 g/mol. The fraction of sp³-hybridized carbons (Fsp3) is 0.333. The molecule has 0 aliphatic carbocycles. The van der Waals surface area contributed by atoms with Gasteiger partial charge in [-0.15, -0.1) is 11.3 Å². The molecular weight excluding hydrogens is 118 g/mol. The maximum absolute atomic E-state index is 5.50. The highest BCUT2D eigenvalue weighted by molar-refractivity contribution is 7.12. The van der Waals surface area contributed by atoms with Crippen molar-refractivity contribution in [2.24, 2.45) is 0 Å². The fourth-order valence-electron chi connectivity index (χ4n) is 0.588. The Balaban J connectivity index is 3.14.